The van der Waals surface area contributed by atoms with E-state index in [-0.39, 0.29) is 22.6 Å². The molecule has 0 aromatic rings. The van der Waals surface area contributed by atoms with Crippen molar-refractivity contribution in [2.24, 2.45) is 0 Å². The van der Waals surface area contributed by atoms with Crippen LogP contribution in [0.5, 0.6) is 0 Å². The van der Waals surface area contributed by atoms with E-state index in [1.165, 1.54) is 13.8 Å². The quantitative estimate of drug-likeness (QED) is 0.604. The molecular formula is C13H21NO3. The summed E-state index contributed by atoms with van der Waals surface area (Å²) in [6.07, 6.45) is 1.63. The number of carboxylic acid groups (broad SMARTS) is 1. The maximum absolute atomic E-state index is 12.2. The lowest BCUT2D eigenvalue weighted by Crippen LogP contribution is -2.46. The number of hydrogen-bond acceptors (Lipinski definition) is 2. The van der Waals surface area contributed by atoms with E-state index in [0.29, 0.717) is 6.54 Å². The highest BCUT2D eigenvalue weighted by Gasteiger charge is 2.27. The van der Waals surface area contributed by atoms with Gasteiger partial charge in [0.25, 0.3) is 5.91 Å². The second kappa shape index (κ2) is 5.66. The van der Waals surface area contributed by atoms with Crippen molar-refractivity contribution in [3.8, 4) is 0 Å². The third kappa shape index (κ3) is 4.06. The van der Waals surface area contributed by atoms with Gasteiger partial charge >= 0.3 is 5.97 Å². The summed E-state index contributed by atoms with van der Waals surface area (Å²) in [6.45, 7) is 12.7. The predicted octanol–water partition coefficient (Wildman–Crippen LogP) is 2.22. The molecule has 0 rings (SSSR count). The smallest absolute Gasteiger partial charge is 0.331 e. The lowest BCUT2D eigenvalue weighted by atomic mass is 10.0. The van der Waals surface area contributed by atoms with E-state index >= 15 is 0 Å². The van der Waals surface area contributed by atoms with Crippen molar-refractivity contribution < 1.29 is 14.7 Å². The number of carboxylic acids is 1. The summed E-state index contributed by atoms with van der Waals surface area (Å²) in [4.78, 5) is 24.6. The van der Waals surface area contributed by atoms with Gasteiger partial charge in [-0.15, -0.1) is 6.58 Å². The molecule has 0 aliphatic heterocycles. The molecule has 4 heteroatoms. The van der Waals surface area contributed by atoms with Crippen molar-refractivity contribution in [3.63, 3.8) is 0 Å². The van der Waals surface area contributed by atoms with Crippen molar-refractivity contribution in [3.05, 3.63) is 23.8 Å². The third-order valence-electron chi connectivity index (χ3n) is 2.57. The second-order valence-corrected chi connectivity index (χ2v) is 4.93. The minimum Gasteiger partial charge on any atom is -0.478 e. The zero-order valence-corrected chi connectivity index (χ0v) is 11.2. The van der Waals surface area contributed by atoms with Crippen LogP contribution in [0.15, 0.2) is 23.8 Å². The van der Waals surface area contributed by atoms with Crippen LogP contribution in [-0.4, -0.2) is 34.0 Å². The molecule has 0 bridgehead atoms. The van der Waals surface area contributed by atoms with Crippen molar-refractivity contribution in [2.45, 2.75) is 40.2 Å². The standard InChI is InChI=1S/C13H21NO3/c1-7-8-14(13(4,5)6)11(15)9(2)10(3)12(16)17/h7H,1,8H2,2-6H3,(H,16,17)/b10-9+. The minimum atomic E-state index is -1.07. The highest BCUT2D eigenvalue weighted by Crippen LogP contribution is 2.18. The van der Waals surface area contributed by atoms with Gasteiger partial charge in [0.2, 0.25) is 0 Å². The normalized spacial score (nSPS) is 12.8. The Hall–Kier alpha value is -1.58. The molecule has 1 amide bonds. The number of hydrogen-bond donors (Lipinski definition) is 1. The van der Waals surface area contributed by atoms with Crippen LogP contribution < -0.4 is 0 Å². The SMILES string of the molecule is C=CCN(C(=O)/C(C)=C(\C)C(=O)O)C(C)(C)C. The van der Waals surface area contributed by atoms with E-state index in [1.807, 2.05) is 20.8 Å². The van der Waals surface area contributed by atoms with Gasteiger partial charge in [0.05, 0.1) is 0 Å². The fourth-order valence-corrected chi connectivity index (χ4v) is 1.31. The fourth-order valence-electron chi connectivity index (χ4n) is 1.31. The number of carbonyl (C=O) groups excluding carboxylic acids is 1. The molecule has 96 valence electrons. The molecule has 0 spiro atoms. The van der Waals surface area contributed by atoms with Crippen LogP contribution in [-0.2, 0) is 9.59 Å². The molecule has 0 aliphatic rings. The highest BCUT2D eigenvalue weighted by atomic mass is 16.4. The molecule has 0 unspecified atom stereocenters. The molecule has 0 saturated carbocycles. The summed E-state index contributed by atoms with van der Waals surface area (Å²) in [6, 6.07) is 0. The second-order valence-electron chi connectivity index (χ2n) is 4.93. The van der Waals surface area contributed by atoms with Crippen LogP contribution in [0.2, 0.25) is 0 Å². The molecule has 0 aromatic carbocycles. The zero-order valence-electron chi connectivity index (χ0n) is 11.2. The van der Waals surface area contributed by atoms with Gasteiger partial charge in [0.1, 0.15) is 0 Å². The van der Waals surface area contributed by atoms with Gasteiger partial charge < -0.3 is 10.0 Å². The van der Waals surface area contributed by atoms with Crippen molar-refractivity contribution in [2.75, 3.05) is 6.54 Å². The predicted molar refractivity (Wildman–Crippen MR) is 67.7 cm³/mol. The van der Waals surface area contributed by atoms with Crippen LogP contribution in [0.25, 0.3) is 0 Å². The van der Waals surface area contributed by atoms with Gasteiger partial charge in [0.15, 0.2) is 0 Å². The van der Waals surface area contributed by atoms with E-state index < -0.39 is 5.97 Å². The van der Waals surface area contributed by atoms with Gasteiger partial charge in [-0.05, 0) is 34.6 Å². The van der Waals surface area contributed by atoms with Crippen molar-refractivity contribution >= 4 is 11.9 Å². The van der Waals surface area contributed by atoms with Crippen LogP contribution in [0, 0.1) is 0 Å². The molecule has 1 N–H and O–H groups in total. The van der Waals surface area contributed by atoms with Crippen LogP contribution in [0.3, 0.4) is 0 Å². The number of carbonyl (C=O) groups is 2. The average molecular weight is 239 g/mol. The molecule has 0 atom stereocenters. The monoisotopic (exact) mass is 239 g/mol. The van der Waals surface area contributed by atoms with Crippen LogP contribution >= 0.6 is 0 Å². The Bertz CT molecular complexity index is 361. The summed E-state index contributed by atoms with van der Waals surface area (Å²) >= 11 is 0. The molecule has 4 nitrogen and oxygen atoms in total. The number of aliphatic carboxylic acids is 1. The van der Waals surface area contributed by atoms with E-state index in [0.717, 1.165) is 0 Å². The first-order valence-corrected chi connectivity index (χ1v) is 5.46. The fraction of sp³-hybridized carbons (Fsp3) is 0.538. The highest BCUT2D eigenvalue weighted by molar-refractivity contribution is 6.01. The molecule has 0 aliphatic carbocycles. The van der Waals surface area contributed by atoms with Gasteiger partial charge in [0, 0.05) is 23.2 Å². The lowest BCUT2D eigenvalue weighted by molar-refractivity contribution is -0.135. The van der Waals surface area contributed by atoms with Crippen LogP contribution in [0.4, 0.5) is 0 Å². The molecule has 0 fully saturated rings. The molecule has 0 heterocycles. The van der Waals surface area contributed by atoms with Crippen molar-refractivity contribution in [1.29, 1.82) is 0 Å². The maximum Gasteiger partial charge on any atom is 0.331 e. The largest absolute Gasteiger partial charge is 0.478 e. The number of nitrogens with zero attached hydrogens (tertiary/aromatic N) is 1. The topological polar surface area (TPSA) is 57.6 Å². The Morgan fingerprint density at radius 2 is 1.71 bits per heavy atom. The average Bonchev–Trinajstić information content (AvgIpc) is 2.21. The van der Waals surface area contributed by atoms with Gasteiger partial charge in [-0.3, -0.25) is 4.79 Å². The van der Waals surface area contributed by atoms with E-state index in [2.05, 4.69) is 6.58 Å². The Morgan fingerprint density at radius 3 is 2.00 bits per heavy atom. The zero-order chi connectivity index (χ0) is 13.8. The van der Waals surface area contributed by atoms with Gasteiger partial charge in [-0.2, -0.15) is 0 Å². The Labute approximate surface area is 103 Å². The summed E-state index contributed by atoms with van der Waals surface area (Å²) in [5.41, 5.74) is -0.0340. The minimum absolute atomic E-state index is 0.0771. The lowest BCUT2D eigenvalue weighted by Gasteiger charge is -2.35. The molecular weight excluding hydrogens is 218 g/mol. The Morgan fingerprint density at radius 1 is 1.24 bits per heavy atom. The van der Waals surface area contributed by atoms with Gasteiger partial charge in [-0.1, -0.05) is 6.08 Å². The third-order valence-corrected chi connectivity index (χ3v) is 2.57. The first-order valence-electron chi connectivity index (χ1n) is 5.46. The summed E-state index contributed by atoms with van der Waals surface area (Å²) in [5, 5.41) is 8.87. The summed E-state index contributed by atoms with van der Waals surface area (Å²) in [5.74, 6) is -1.33. The Balaban J connectivity index is 5.32. The number of amides is 1. The first kappa shape index (κ1) is 15.4. The maximum atomic E-state index is 12.2. The first-order chi connectivity index (χ1) is 7.62. The van der Waals surface area contributed by atoms with Gasteiger partial charge in [-0.25, -0.2) is 4.79 Å². The molecule has 0 saturated heterocycles. The van der Waals surface area contributed by atoms with E-state index in [9.17, 15) is 9.59 Å². The summed E-state index contributed by atoms with van der Waals surface area (Å²) < 4.78 is 0. The van der Waals surface area contributed by atoms with E-state index in [1.54, 1.807) is 11.0 Å². The summed E-state index contributed by atoms with van der Waals surface area (Å²) in [7, 11) is 0. The van der Waals surface area contributed by atoms with E-state index in [4.69, 9.17) is 5.11 Å². The van der Waals surface area contributed by atoms with Crippen molar-refractivity contribution in [1.82, 2.24) is 4.90 Å². The Kier molecular flexibility index (Phi) is 5.13. The molecule has 17 heavy (non-hydrogen) atoms. The molecule has 0 radical (unpaired) electrons. The number of rotatable bonds is 4. The molecule has 0 aromatic heterocycles. The van der Waals surface area contributed by atoms with Crippen LogP contribution in [0.1, 0.15) is 34.6 Å².